The molecule has 130 valence electrons. The molecule has 2 aromatic rings. The maximum atomic E-state index is 11.8. The predicted molar refractivity (Wildman–Crippen MR) is 96.5 cm³/mol. The number of carbonyl (C=O) groups excluding carboxylic acids is 1. The first-order chi connectivity index (χ1) is 11.6. The SMILES string of the molecule is CC(C)NC(=O)Nc1ccc2c(ccn2CCN2CCOCC2)c1. The Hall–Kier alpha value is -2.05. The van der Waals surface area contributed by atoms with Crippen LogP contribution in [-0.2, 0) is 11.3 Å². The van der Waals surface area contributed by atoms with E-state index in [1.807, 2.05) is 26.0 Å². The van der Waals surface area contributed by atoms with Crippen LogP contribution >= 0.6 is 0 Å². The Morgan fingerprint density at radius 1 is 1.21 bits per heavy atom. The van der Waals surface area contributed by atoms with Crippen molar-refractivity contribution in [1.29, 1.82) is 0 Å². The second-order valence-corrected chi connectivity index (χ2v) is 6.49. The van der Waals surface area contributed by atoms with E-state index < -0.39 is 0 Å². The lowest BCUT2D eigenvalue weighted by Crippen LogP contribution is -2.38. The Balaban J connectivity index is 1.63. The summed E-state index contributed by atoms with van der Waals surface area (Å²) >= 11 is 0. The minimum atomic E-state index is -0.170. The van der Waals surface area contributed by atoms with Gasteiger partial charge in [-0.15, -0.1) is 0 Å². The monoisotopic (exact) mass is 330 g/mol. The van der Waals surface area contributed by atoms with Crippen molar-refractivity contribution in [2.24, 2.45) is 0 Å². The fourth-order valence-corrected chi connectivity index (χ4v) is 2.98. The number of rotatable bonds is 5. The number of hydrogen-bond donors (Lipinski definition) is 2. The number of urea groups is 1. The van der Waals surface area contributed by atoms with Crippen molar-refractivity contribution >= 4 is 22.6 Å². The number of nitrogens with zero attached hydrogens (tertiary/aromatic N) is 2. The zero-order chi connectivity index (χ0) is 16.9. The molecule has 0 atom stereocenters. The number of ether oxygens (including phenoxy) is 1. The summed E-state index contributed by atoms with van der Waals surface area (Å²) in [4.78, 5) is 14.2. The van der Waals surface area contributed by atoms with Gasteiger partial charge in [0.05, 0.1) is 13.2 Å². The first-order valence-corrected chi connectivity index (χ1v) is 8.58. The van der Waals surface area contributed by atoms with Gasteiger partial charge >= 0.3 is 6.03 Å². The number of hydrogen-bond acceptors (Lipinski definition) is 3. The zero-order valence-corrected chi connectivity index (χ0v) is 14.4. The van der Waals surface area contributed by atoms with Crippen LogP contribution in [0.2, 0.25) is 0 Å². The molecule has 0 unspecified atom stereocenters. The maximum absolute atomic E-state index is 11.8. The number of benzene rings is 1. The van der Waals surface area contributed by atoms with Crippen LogP contribution in [0.3, 0.4) is 0 Å². The van der Waals surface area contributed by atoms with Crippen LogP contribution in [0.25, 0.3) is 10.9 Å². The number of morpholine rings is 1. The highest BCUT2D eigenvalue weighted by Crippen LogP contribution is 2.20. The van der Waals surface area contributed by atoms with Crippen molar-refractivity contribution in [3.63, 3.8) is 0 Å². The molecule has 1 aromatic carbocycles. The fraction of sp³-hybridized carbons (Fsp3) is 0.500. The summed E-state index contributed by atoms with van der Waals surface area (Å²) < 4.78 is 7.65. The second-order valence-electron chi connectivity index (χ2n) is 6.49. The van der Waals surface area contributed by atoms with Gasteiger partial charge in [-0.25, -0.2) is 4.79 Å². The quantitative estimate of drug-likeness (QED) is 0.885. The minimum absolute atomic E-state index is 0.120. The number of fused-ring (bicyclic) bond motifs is 1. The van der Waals surface area contributed by atoms with Gasteiger partial charge in [0.15, 0.2) is 0 Å². The van der Waals surface area contributed by atoms with Gasteiger partial charge in [0.2, 0.25) is 0 Å². The lowest BCUT2D eigenvalue weighted by atomic mass is 10.2. The molecule has 6 heteroatoms. The van der Waals surface area contributed by atoms with E-state index in [0.29, 0.717) is 0 Å². The van der Waals surface area contributed by atoms with E-state index in [1.54, 1.807) is 0 Å². The number of amides is 2. The Kier molecular flexibility index (Phi) is 5.37. The van der Waals surface area contributed by atoms with Gasteiger partial charge in [-0.05, 0) is 38.1 Å². The molecule has 3 rings (SSSR count). The molecule has 24 heavy (non-hydrogen) atoms. The average molecular weight is 330 g/mol. The summed E-state index contributed by atoms with van der Waals surface area (Å²) in [5.74, 6) is 0. The lowest BCUT2D eigenvalue weighted by Gasteiger charge is -2.26. The van der Waals surface area contributed by atoms with Gasteiger partial charge in [0.1, 0.15) is 0 Å². The number of nitrogens with one attached hydrogen (secondary N) is 2. The van der Waals surface area contributed by atoms with Crippen LogP contribution in [0.15, 0.2) is 30.5 Å². The van der Waals surface area contributed by atoms with E-state index in [4.69, 9.17) is 4.74 Å². The highest BCUT2D eigenvalue weighted by atomic mass is 16.5. The summed E-state index contributed by atoms with van der Waals surface area (Å²) in [6, 6.07) is 8.08. The van der Waals surface area contributed by atoms with E-state index in [9.17, 15) is 4.79 Å². The highest BCUT2D eigenvalue weighted by molar-refractivity contribution is 5.93. The van der Waals surface area contributed by atoms with Crippen LogP contribution in [0.5, 0.6) is 0 Å². The summed E-state index contributed by atoms with van der Waals surface area (Å²) in [6.45, 7) is 9.57. The number of carbonyl (C=O) groups is 1. The Bertz CT molecular complexity index is 689. The first-order valence-electron chi connectivity index (χ1n) is 8.58. The van der Waals surface area contributed by atoms with Gasteiger partial charge in [-0.3, -0.25) is 4.90 Å². The average Bonchev–Trinajstić information content (AvgIpc) is 2.95. The number of aromatic nitrogens is 1. The van der Waals surface area contributed by atoms with Crippen LogP contribution < -0.4 is 10.6 Å². The van der Waals surface area contributed by atoms with Gasteiger partial charge in [-0.2, -0.15) is 0 Å². The molecule has 1 fully saturated rings. The molecule has 2 N–H and O–H groups in total. The molecule has 6 nitrogen and oxygen atoms in total. The van der Waals surface area contributed by atoms with Crippen LogP contribution in [-0.4, -0.2) is 54.4 Å². The molecular formula is C18H26N4O2. The smallest absolute Gasteiger partial charge is 0.319 e. The van der Waals surface area contributed by atoms with E-state index in [-0.39, 0.29) is 12.1 Å². The molecule has 1 aliphatic rings. The van der Waals surface area contributed by atoms with Gasteiger partial charge in [-0.1, -0.05) is 0 Å². The summed E-state index contributed by atoms with van der Waals surface area (Å²) in [6.07, 6.45) is 2.11. The normalized spacial score (nSPS) is 15.8. The van der Waals surface area contributed by atoms with Crippen molar-refractivity contribution in [2.45, 2.75) is 26.4 Å². The zero-order valence-electron chi connectivity index (χ0n) is 14.4. The molecular weight excluding hydrogens is 304 g/mol. The minimum Gasteiger partial charge on any atom is -0.379 e. The topological polar surface area (TPSA) is 58.5 Å². The molecule has 0 spiro atoms. The van der Waals surface area contributed by atoms with E-state index in [0.717, 1.165) is 50.5 Å². The maximum Gasteiger partial charge on any atom is 0.319 e. The molecule has 0 saturated carbocycles. The molecule has 1 saturated heterocycles. The van der Waals surface area contributed by atoms with Crippen LogP contribution in [0, 0.1) is 0 Å². The highest BCUT2D eigenvalue weighted by Gasteiger charge is 2.11. The van der Waals surface area contributed by atoms with Crippen molar-refractivity contribution in [3.8, 4) is 0 Å². The summed E-state index contributed by atoms with van der Waals surface area (Å²) in [5.41, 5.74) is 2.00. The molecule has 2 heterocycles. The van der Waals surface area contributed by atoms with E-state index in [2.05, 4.69) is 38.4 Å². The Labute approximate surface area is 142 Å². The lowest BCUT2D eigenvalue weighted by molar-refractivity contribution is 0.0365. The van der Waals surface area contributed by atoms with Gasteiger partial charge in [0, 0.05) is 55.0 Å². The predicted octanol–water partition coefficient (Wildman–Crippen LogP) is 2.50. The van der Waals surface area contributed by atoms with Crippen LogP contribution in [0.1, 0.15) is 13.8 Å². The van der Waals surface area contributed by atoms with Crippen molar-refractivity contribution < 1.29 is 9.53 Å². The summed E-state index contributed by atoms with van der Waals surface area (Å²) in [7, 11) is 0. The third kappa shape index (κ3) is 4.27. The van der Waals surface area contributed by atoms with Crippen molar-refractivity contribution in [2.75, 3.05) is 38.2 Å². The molecule has 1 aliphatic heterocycles. The Morgan fingerprint density at radius 3 is 2.75 bits per heavy atom. The van der Waals surface area contributed by atoms with E-state index >= 15 is 0 Å². The molecule has 1 aromatic heterocycles. The van der Waals surface area contributed by atoms with Crippen molar-refractivity contribution in [1.82, 2.24) is 14.8 Å². The van der Waals surface area contributed by atoms with E-state index in [1.165, 1.54) is 5.52 Å². The van der Waals surface area contributed by atoms with Crippen LogP contribution in [0.4, 0.5) is 10.5 Å². The standard InChI is InChI=1S/C18H26N4O2/c1-14(2)19-18(23)20-16-3-4-17-15(13-16)5-6-22(17)8-7-21-9-11-24-12-10-21/h3-6,13-14H,7-12H2,1-2H3,(H2,19,20,23). The van der Waals surface area contributed by atoms with Gasteiger partial charge in [0.25, 0.3) is 0 Å². The second kappa shape index (κ2) is 7.68. The number of anilines is 1. The third-order valence-corrected chi connectivity index (χ3v) is 4.21. The molecule has 0 bridgehead atoms. The largest absolute Gasteiger partial charge is 0.379 e. The molecule has 0 aliphatic carbocycles. The molecule has 0 radical (unpaired) electrons. The van der Waals surface area contributed by atoms with Gasteiger partial charge < -0.3 is 19.9 Å². The first kappa shape index (κ1) is 16.8. The fourth-order valence-electron chi connectivity index (χ4n) is 2.98. The van der Waals surface area contributed by atoms with Crippen molar-refractivity contribution in [3.05, 3.63) is 30.5 Å². The Morgan fingerprint density at radius 2 is 2.00 bits per heavy atom. The summed E-state index contributed by atoms with van der Waals surface area (Å²) in [5, 5.41) is 6.85. The molecule has 2 amide bonds. The third-order valence-electron chi connectivity index (χ3n) is 4.21.